The number of rotatable bonds is 8. The molecule has 1 aromatic carbocycles. The molecule has 0 bridgehead atoms. The molecule has 0 fully saturated rings. The highest BCUT2D eigenvalue weighted by Crippen LogP contribution is 2.12. The van der Waals surface area contributed by atoms with E-state index in [2.05, 4.69) is 4.43 Å². The van der Waals surface area contributed by atoms with Crippen LogP contribution in [-0.4, -0.2) is 26.5 Å². The Bertz CT molecular complexity index is 361. The molecule has 0 aliphatic carbocycles. The van der Waals surface area contributed by atoms with Gasteiger partial charge in [-0.1, -0.05) is 18.9 Å². The molecule has 0 amide bonds. The highest BCUT2D eigenvalue weighted by atomic mass is 28.2. The predicted molar refractivity (Wildman–Crippen MR) is 63.8 cm³/mol. The molecule has 0 aliphatic rings. The van der Waals surface area contributed by atoms with Gasteiger partial charge in [-0.25, -0.2) is 8.78 Å². The van der Waals surface area contributed by atoms with Crippen LogP contribution >= 0.6 is 0 Å². The fourth-order valence-corrected chi connectivity index (χ4v) is 2.19. The number of unbranched alkanes of at least 4 members (excludes halogenated alkanes) is 2. The maximum absolute atomic E-state index is 12.9. The summed E-state index contributed by atoms with van der Waals surface area (Å²) in [6, 6.07) is 4.73. The molecule has 18 heavy (non-hydrogen) atoms. The first kappa shape index (κ1) is 15.2. The zero-order chi connectivity index (χ0) is 13.4. The molecule has 1 rings (SSSR count). The summed E-state index contributed by atoms with van der Waals surface area (Å²) in [7, 11) is 0.0770. The van der Waals surface area contributed by atoms with Crippen molar-refractivity contribution in [1.82, 2.24) is 0 Å². The molecular formula is C12H16F2O3Si. The van der Waals surface area contributed by atoms with Gasteiger partial charge in [0.25, 0.3) is 6.48 Å². The second-order valence-electron chi connectivity index (χ2n) is 3.90. The molecule has 2 N–H and O–H groups in total. The fraction of sp³-hybridized carbons (Fsp3) is 0.500. The molecule has 0 saturated heterocycles. The minimum atomic E-state index is -1.69. The molecule has 0 saturated carbocycles. The lowest BCUT2D eigenvalue weighted by molar-refractivity contribution is -0.180. The fourth-order valence-electron chi connectivity index (χ4n) is 1.53. The van der Waals surface area contributed by atoms with E-state index < -0.39 is 18.1 Å². The molecule has 3 nitrogen and oxygen atoms in total. The van der Waals surface area contributed by atoms with Crippen molar-refractivity contribution in [3.63, 3.8) is 0 Å². The van der Waals surface area contributed by atoms with Crippen molar-refractivity contribution in [2.24, 2.45) is 0 Å². The summed E-state index contributed by atoms with van der Waals surface area (Å²) in [6.45, 7) is -1.69. The van der Waals surface area contributed by atoms with Gasteiger partial charge in [-0.15, -0.1) is 0 Å². The lowest BCUT2D eigenvalue weighted by atomic mass is 10.1. The molecule has 0 unspecified atom stereocenters. The van der Waals surface area contributed by atoms with Crippen molar-refractivity contribution < 1.29 is 23.4 Å². The maximum atomic E-state index is 12.9. The highest BCUT2D eigenvalue weighted by molar-refractivity contribution is 6.26. The minimum Gasteiger partial charge on any atom is -0.372 e. The number of aliphatic hydroxyl groups excluding tert-OH is 1. The summed E-state index contributed by atoms with van der Waals surface area (Å²) in [4.78, 5) is 0. The summed E-state index contributed by atoms with van der Waals surface area (Å²) in [6.07, 6.45) is 3.45. The number of aryl methyl sites for hydroxylation is 1. The molecule has 1 aromatic rings. The van der Waals surface area contributed by atoms with Gasteiger partial charge in [-0.3, -0.25) is 0 Å². The lowest BCUT2D eigenvalue weighted by Crippen LogP contribution is -2.12. The van der Waals surface area contributed by atoms with Crippen molar-refractivity contribution in [3.05, 3.63) is 35.4 Å². The van der Waals surface area contributed by atoms with E-state index in [0.717, 1.165) is 36.9 Å². The van der Waals surface area contributed by atoms with Crippen LogP contribution in [0.25, 0.3) is 0 Å². The SMILES string of the molecule is OC(O)O[Si]CCCCCc1ccc(F)c(F)c1. The van der Waals surface area contributed by atoms with Crippen molar-refractivity contribution in [2.45, 2.75) is 38.2 Å². The first-order valence-corrected chi connectivity index (χ1v) is 6.89. The van der Waals surface area contributed by atoms with Crippen LogP contribution in [0.15, 0.2) is 18.2 Å². The summed E-state index contributed by atoms with van der Waals surface area (Å²) < 4.78 is 30.1. The van der Waals surface area contributed by atoms with Gasteiger partial charge < -0.3 is 14.6 Å². The number of hydrogen-bond donors (Lipinski definition) is 2. The molecule has 2 radical (unpaired) electrons. The minimum absolute atomic E-state index is 0.0770. The quantitative estimate of drug-likeness (QED) is 0.433. The van der Waals surface area contributed by atoms with E-state index in [9.17, 15) is 8.78 Å². The normalized spacial score (nSPS) is 11.2. The first-order chi connectivity index (χ1) is 8.59. The van der Waals surface area contributed by atoms with E-state index in [-0.39, 0.29) is 9.76 Å². The number of aliphatic hydroxyl groups is 2. The molecule has 6 heteroatoms. The molecule has 0 aliphatic heterocycles. The monoisotopic (exact) mass is 274 g/mol. The van der Waals surface area contributed by atoms with E-state index >= 15 is 0 Å². The number of hydrogen-bond acceptors (Lipinski definition) is 3. The Hall–Kier alpha value is -0.823. The third-order valence-corrected chi connectivity index (χ3v) is 3.35. The number of benzene rings is 1. The van der Waals surface area contributed by atoms with Crippen LogP contribution in [0.1, 0.15) is 24.8 Å². The van der Waals surface area contributed by atoms with E-state index in [4.69, 9.17) is 10.2 Å². The van der Waals surface area contributed by atoms with Gasteiger partial charge in [0.15, 0.2) is 11.6 Å². The Balaban J connectivity index is 2.09. The Morgan fingerprint density at radius 2 is 1.89 bits per heavy atom. The van der Waals surface area contributed by atoms with E-state index in [1.54, 1.807) is 6.07 Å². The molecular weight excluding hydrogens is 258 g/mol. The molecule has 0 aromatic heterocycles. The average molecular weight is 274 g/mol. The molecule has 100 valence electrons. The van der Waals surface area contributed by atoms with Crippen molar-refractivity contribution in [2.75, 3.05) is 0 Å². The van der Waals surface area contributed by atoms with Gasteiger partial charge >= 0.3 is 0 Å². The lowest BCUT2D eigenvalue weighted by Gasteiger charge is -2.04. The van der Waals surface area contributed by atoms with Gasteiger partial charge in [0, 0.05) is 0 Å². The van der Waals surface area contributed by atoms with E-state index in [1.807, 2.05) is 0 Å². The van der Waals surface area contributed by atoms with Crippen LogP contribution < -0.4 is 0 Å². The Labute approximate surface area is 107 Å². The van der Waals surface area contributed by atoms with Gasteiger partial charge in [0.1, 0.15) is 0 Å². The molecule has 0 heterocycles. The Kier molecular flexibility index (Phi) is 7.03. The second kappa shape index (κ2) is 8.31. The van der Waals surface area contributed by atoms with Crippen molar-refractivity contribution in [1.29, 1.82) is 0 Å². The van der Waals surface area contributed by atoms with Crippen molar-refractivity contribution in [3.8, 4) is 0 Å². The van der Waals surface area contributed by atoms with Gasteiger partial charge in [-0.05, 0) is 36.6 Å². The standard InChI is InChI=1S/C12H16F2O3Si/c13-10-6-5-9(8-11(10)14)4-2-1-3-7-18-17-12(15)16/h5-6,8,12,15-16H,1-4,7H2. The average Bonchev–Trinajstić information content (AvgIpc) is 2.32. The first-order valence-electron chi connectivity index (χ1n) is 5.78. The zero-order valence-electron chi connectivity index (χ0n) is 9.90. The summed E-state index contributed by atoms with van der Waals surface area (Å²) >= 11 is 0. The largest absolute Gasteiger partial charge is 0.372 e. The zero-order valence-corrected chi connectivity index (χ0v) is 10.9. The van der Waals surface area contributed by atoms with Gasteiger partial charge in [0.2, 0.25) is 9.76 Å². The maximum Gasteiger partial charge on any atom is 0.256 e. The Morgan fingerprint density at radius 1 is 1.11 bits per heavy atom. The molecule has 0 spiro atoms. The van der Waals surface area contributed by atoms with Gasteiger partial charge in [-0.2, -0.15) is 0 Å². The predicted octanol–water partition coefficient (Wildman–Crippen LogP) is 2.00. The second-order valence-corrected chi connectivity index (χ2v) is 4.92. The van der Waals surface area contributed by atoms with Crippen LogP contribution in [0.4, 0.5) is 8.78 Å². The third kappa shape index (κ3) is 6.20. The smallest absolute Gasteiger partial charge is 0.256 e. The van der Waals surface area contributed by atoms with Crippen LogP contribution in [0.2, 0.25) is 6.04 Å². The number of halogens is 2. The van der Waals surface area contributed by atoms with Crippen molar-refractivity contribution >= 4 is 9.76 Å². The third-order valence-electron chi connectivity index (χ3n) is 2.42. The van der Waals surface area contributed by atoms with Gasteiger partial charge in [0.05, 0.1) is 0 Å². The van der Waals surface area contributed by atoms with E-state index in [1.165, 1.54) is 6.07 Å². The summed E-state index contributed by atoms with van der Waals surface area (Å²) in [5, 5.41) is 16.9. The molecule has 0 atom stereocenters. The van der Waals surface area contributed by atoms with Crippen LogP contribution in [-0.2, 0) is 10.8 Å². The van der Waals surface area contributed by atoms with Crippen LogP contribution in [0, 0.1) is 11.6 Å². The van der Waals surface area contributed by atoms with Crippen LogP contribution in [0.5, 0.6) is 0 Å². The highest BCUT2D eigenvalue weighted by Gasteiger charge is 2.02. The van der Waals surface area contributed by atoms with E-state index in [0.29, 0.717) is 6.42 Å². The summed E-state index contributed by atoms with van der Waals surface area (Å²) in [5.74, 6) is -1.63. The Morgan fingerprint density at radius 3 is 2.56 bits per heavy atom. The topological polar surface area (TPSA) is 49.7 Å². The summed E-state index contributed by atoms with van der Waals surface area (Å²) in [5.41, 5.74) is 0.790. The van der Waals surface area contributed by atoms with Crippen LogP contribution in [0.3, 0.4) is 0 Å².